The molecule has 92 valence electrons. The Balaban J connectivity index is 2.03. The Kier molecular flexibility index (Phi) is 4.33. The van der Waals surface area contributed by atoms with E-state index < -0.39 is 0 Å². The van der Waals surface area contributed by atoms with Gasteiger partial charge in [0.05, 0.1) is 4.47 Å². The topological polar surface area (TPSA) is 26.3 Å². The zero-order chi connectivity index (χ0) is 13.0. The van der Waals surface area contributed by atoms with Crippen LogP contribution >= 0.6 is 27.3 Å². The van der Waals surface area contributed by atoms with Crippen molar-refractivity contribution in [2.24, 2.45) is 0 Å². The molecule has 2 aromatic rings. The lowest BCUT2D eigenvalue weighted by Gasteiger charge is -2.04. The van der Waals surface area contributed by atoms with Gasteiger partial charge in [0.1, 0.15) is 5.75 Å². The molecule has 0 amide bonds. The monoisotopic (exact) mass is 322 g/mol. The molecule has 2 nitrogen and oxygen atoms in total. The van der Waals surface area contributed by atoms with Crippen LogP contribution in [0.1, 0.15) is 10.4 Å². The van der Waals surface area contributed by atoms with Crippen LogP contribution in [0.4, 0.5) is 0 Å². The molecule has 0 fully saturated rings. The predicted octanol–water partition coefficient (Wildman–Crippen LogP) is 4.44. The van der Waals surface area contributed by atoms with E-state index in [0.29, 0.717) is 5.75 Å². The van der Waals surface area contributed by atoms with Crippen molar-refractivity contribution < 1.29 is 9.53 Å². The van der Waals surface area contributed by atoms with Crippen LogP contribution in [-0.2, 0) is 4.79 Å². The van der Waals surface area contributed by atoms with E-state index in [1.165, 1.54) is 6.08 Å². The van der Waals surface area contributed by atoms with Crippen molar-refractivity contribution in [3.63, 3.8) is 0 Å². The maximum atomic E-state index is 11.6. The number of hydrogen-bond donors (Lipinski definition) is 0. The molecule has 0 aliphatic rings. The van der Waals surface area contributed by atoms with Crippen LogP contribution in [0.2, 0.25) is 0 Å². The zero-order valence-electron chi connectivity index (χ0n) is 9.72. The van der Waals surface area contributed by atoms with Gasteiger partial charge in [-0.2, -0.15) is 0 Å². The Labute approximate surface area is 118 Å². The Morgan fingerprint density at radius 1 is 1.39 bits per heavy atom. The number of halogens is 1. The maximum absolute atomic E-state index is 11.6. The van der Waals surface area contributed by atoms with Crippen molar-refractivity contribution in [2.75, 3.05) is 0 Å². The number of carbonyl (C=O) groups is 1. The summed E-state index contributed by atoms with van der Waals surface area (Å²) in [4.78, 5) is 12.6. The molecular weight excluding hydrogens is 312 g/mol. The molecular formula is C14H11BrO2S. The Morgan fingerprint density at radius 3 is 2.89 bits per heavy atom. The van der Waals surface area contributed by atoms with Gasteiger partial charge >= 0.3 is 5.97 Å². The average molecular weight is 323 g/mol. The van der Waals surface area contributed by atoms with Gasteiger partial charge in [0.2, 0.25) is 0 Å². The minimum absolute atomic E-state index is 0.382. The van der Waals surface area contributed by atoms with Gasteiger partial charge in [-0.3, -0.25) is 0 Å². The second kappa shape index (κ2) is 5.98. The van der Waals surface area contributed by atoms with Crippen LogP contribution in [0.5, 0.6) is 5.75 Å². The highest BCUT2D eigenvalue weighted by Gasteiger charge is 2.05. The van der Waals surface area contributed by atoms with Crippen molar-refractivity contribution in [3.8, 4) is 5.75 Å². The minimum atomic E-state index is -0.382. The molecule has 0 saturated heterocycles. The highest BCUT2D eigenvalue weighted by atomic mass is 79.9. The van der Waals surface area contributed by atoms with Crippen LogP contribution < -0.4 is 4.74 Å². The van der Waals surface area contributed by atoms with Crippen LogP contribution in [0.25, 0.3) is 6.08 Å². The van der Waals surface area contributed by atoms with E-state index in [-0.39, 0.29) is 5.97 Å². The summed E-state index contributed by atoms with van der Waals surface area (Å²) in [6, 6.07) is 9.46. The van der Waals surface area contributed by atoms with Crippen LogP contribution in [-0.4, -0.2) is 5.97 Å². The van der Waals surface area contributed by atoms with Gasteiger partial charge < -0.3 is 4.74 Å². The summed E-state index contributed by atoms with van der Waals surface area (Å²) in [6.07, 6.45) is 3.17. The van der Waals surface area contributed by atoms with Gasteiger partial charge in [-0.05, 0) is 58.1 Å². The first-order valence-corrected chi connectivity index (χ1v) is 7.02. The summed E-state index contributed by atoms with van der Waals surface area (Å²) in [7, 11) is 0. The van der Waals surface area contributed by atoms with Crippen LogP contribution in [0, 0.1) is 6.92 Å². The fourth-order valence-corrected chi connectivity index (χ4v) is 2.56. The number of benzene rings is 1. The number of aryl methyl sites for hydroxylation is 1. The fourth-order valence-electron chi connectivity index (χ4n) is 1.37. The number of carbonyl (C=O) groups excluding carboxylic acids is 1. The number of thiophene rings is 1. The molecule has 0 unspecified atom stereocenters. The van der Waals surface area contributed by atoms with Gasteiger partial charge in [0.25, 0.3) is 0 Å². The lowest BCUT2D eigenvalue weighted by Crippen LogP contribution is -2.04. The molecule has 18 heavy (non-hydrogen) atoms. The van der Waals surface area contributed by atoms with E-state index in [4.69, 9.17) is 4.74 Å². The molecule has 1 aromatic carbocycles. The number of rotatable bonds is 3. The molecule has 0 N–H and O–H groups in total. The van der Waals surface area contributed by atoms with Crippen molar-refractivity contribution in [2.45, 2.75) is 6.92 Å². The van der Waals surface area contributed by atoms with Gasteiger partial charge in [-0.25, -0.2) is 4.79 Å². The van der Waals surface area contributed by atoms with Gasteiger partial charge in [0.15, 0.2) is 0 Å². The first kappa shape index (κ1) is 13.1. The van der Waals surface area contributed by atoms with Gasteiger partial charge in [-0.1, -0.05) is 12.1 Å². The minimum Gasteiger partial charge on any atom is -0.422 e. The van der Waals surface area contributed by atoms with Crippen molar-refractivity contribution in [3.05, 3.63) is 56.7 Å². The first-order chi connectivity index (χ1) is 8.65. The van der Waals surface area contributed by atoms with Gasteiger partial charge in [-0.15, -0.1) is 11.3 Å². The van der Waals surface area contributed by atoms with Gasteiger partial charge in [0, 0.05) is 11.0 Å². The molecule has 0 radical (unpaired) electrons. The summed E-state index contributed by atoms with van der Waals surface area (Å²) < 4.78 is 6.01. The third kappa shape index (κ3) is 3.55. The summed E-state index contributed by atoms with van der Waals surface area (Å²) in [5.74, 6) is 0.148. The highest BCUT2D eigenvalue weighted by Crippen LogP contribution is 2.26. The molecule has 4 heteroatoms. The molecule has 0 saturated carbocycles. The third-order valence-electron chi connectivity index (χ3n) is 2.22. The molecule has 0 atom stereocenters. The van der Waals surface area contributed by atoms with Crippen molar-refractivity contribution >= 4 is 39.3 Å². The van der Waals surface area contributed by atoms with E-state index >= 15 is 0 Å². The second-order valence-corrected chi connectivity index (χ2v) is 5.54. The van der Waals surface area contributed by atoms with Crippen LogP contribution in [0.3, 0.4) is 0 Å². The predicted molar refractivity (Wildman–Crippen MR) is 77.9 cm³/mol. The third-order valence-corrected chi connectivity index (χ3v) is 3.68. The lowest BCUT2D eigenvalue weighted by molar-refractivity contribution is -0.128. The number of esters is 1. The standard InChI is InChI=1S/C14H11BrO2S/c1-10-4-6-13(12(15)9-10)17-14(16)7-5-11-3-2-8-18-11/h2-9H,1H3. The summed E-state index contributed by atoms with van der Waals surface area (Å²) in [6.45, 7) is 1.98. The molecule has 1 aromatic heterocycles. The quantitative estimate of drug-likeness (QED) is 0.474. The van der Waals surface area contributed by atoms with Crippen LogP contribution in [0.15, 0.2) is 46.3 Å². The average Bonchev–Trinajstić information content (AvgIpc) is 2.83. The van der Waals surface area contributed by atoms with E-state index in [0.717, 1.165) is 14.9 Å². The molecule has 1 heterocycles. The number of ether oxygens (including phenoxy) is 1. The van der Waals surface area contributed by atoms with E-state index in [1.54, 1.807) is 23.5 Å². The molecule has 0 aliphatic carbocycles. The summed E-state index contributed by atoms with van der Waals surface area (Å²) in [5, 5.41) is 1.96. The first-order valence-electron chi connectivity index (χ1n) is 5.35. The second-order valence-electron chi connectivity index (χ2n) is 3.70. The Morgan fingerprint density at radius 2 is 2.22 bits per heavy atom. The van der Waals surface area contributed by atoms with E-state index in [9.17, 15) is 4.79 Å². The van der Waals surface area contributed by atoms with Crippen molar-refractivity contribution in [1.82, 2.24) is 0 Å². The largest absolute Gasteiger partial charge is 0.422 e. The summed E-state index contributed by atoms with van der Waals surface area (Å²) >= 11 is 4.94. The van der Waals surface area contributed by atoms with Crippen molar-refractivity contribution in [1.29, 1.82) is 0 Å². The van der Waals surface area contributed by atoms with E-state index in [1.807, 2.05) is 36.6 Å². The van der Waals surface area contributed by atoms with E-state index in [2.05, 4.69) is 15.9 Å². The molecule has 0 aliphatic heterocycles. The smallest absolute Gasteiger partial charge is 0.336 e. The zero-order valence-corrected chi connectivity index (χ0v) is 12.1. The lowest BCUT2D eigenvalue weighted by atomic mass is 10.2. The molecule has 0 bridgehead atoms. The maximum Gasteiger partial charge on any atom is 0.336 e. The Bertz CT molecular complexity index is 573. The fraction of sp³-hybridized carbons (Fsp3) is 0.0714. The SMILES string of the molecule is Cc1ccc(OC(=O)C=Cc2cccs2)c(Br)c1. The molecule has 2 rings (SSSR count). The summed E-state index contributed by atoms with van der Waals surface area (Å²) in [5.41, 5.74) is 1.11. The Hall–Kier alpha value is -1.39. The highest BCUT2D eigenvalue weighted by molar-refractivity contribution is 9.10. The normalized spacial score (nSPS) is 10.8. The molecule has 0 spiro atoms. The number of hydrogen-bond acceptors (Lipinski definition) is 3.